The average Bonchev–Trinajstić information content (AvgIpc) is 2.33. The minimum atomic E-state index is -0.763. The van der Waals surface area contributed by atoms with Crippen molar-refractivity contribution in [1.29, 1.82) is 0 Å². The zero-order valence-corrected chi connectivity index (χ0v) is 9.69. The minimum absolute atomic E-state index is 0.0144. The van der Waals surface area contributed by atoms with Crippen molar-refractivity contribution in [3.8, 4) is 0 Å². The Morgan fingerprint density at radius 3 is 2.82 bits per heavy atom. The number of nitrogen functional groups attached to an aromatic ring is 1. The summed E-state index contributed by atoms with van der Waals surface area (Å²) < 4.78 is 5.22. The summed E-state index contributed by atoms with van der Waals surface area (Å²) in [5, 5.41) is 0. The first-order valence-electron chi connectivity index (χ1n) is 5.71. The van der Waals surface area contributed by atoms with Gasteiger partial charge in [-0.15, -0.1) is 0 Å². The van der Waals surface area contributed by atoms with E-state index in [2.05, 4.69) is 4.98 Å². The van der Waals surface area contributed by atoms with Gasteiger partial charge in [0.25, 0.3) is 0 Å². The maximum atomic E-state index is 12.2. The number of carbonyl (C=O) groups excluding carboxylic acids is 1. The summed E-state index contributed by atoms with van der Waals surface area (Å²) in [5.41, 5.74) is 11.8. The Bertz CT molecular complexity index is 414. The molecule has 0 saturated carbocycles. The standard InChI is InChI=1S/C12H17N3O2/c13-11-9(2-1-5-15-11)8-10(16)12(14)3-6-17-7-4-12/h1-2,5H,3-4,6-8,14H2,(H2,13,15). The molecule has 5 heteroatoms. The summed E-state index contributed by atoms with van der Waals surface area (Å²) in [6.07, 6.45) is 3.00. The second-order valence-corrected chi connectivity index (χ2v) is 4.42. The van der Waals surface area contributed by atoms with Crippen molar-refractivity contribution in [3.05, 3.63) is 23.9 Å². The van der Waals surface area contributed by atoms with Gasteiger partial charge in [0.2, 0.25) is 0 Å². The van der Waals surface area contributed by atoms with Crippen LogP contribution in [0.1, 0.15) is 18.4 Å². The van der Waals surface area contributed by atoms with Crippen LogP contribution in [-0.2, 0) is 16.0 Å². The van der Waals surface area contributed by atoms with Crippen molar-refractivity contribution in [2.75, 3.05) is 18.9 Å². The van der Waals surface area contributed by atoms with Gasteiger partial charge in [-0.3, -0.25) is 4.79 Å². The fourth-order valence-corrected chi connectivity index (χ4v) is 1.96. The van der Waals surface area contributed by atoms with Crippen molar-refractivity contribution < 1.29 is 9.53 Å². The maximum absolute atomic E-state index is 12.2. The molecule has 0 aromatic carbocycles. The van der Waals surface area contributed by atoms with E-state index in [1.54, 1.807) is 12.3 Å². The quantitative estimate of drug-likeness (QED) is 0.785. The molecule has 0 aliphatic carbocycles. The molecule has 0 atom stereocenters. The summed E-state index contributed by atoms with van der Waals surface area (Å²) in [6, 6.07) is 3.58. The van der Waals surface area contributed by atoms with Crippen molar-refractivity contribution >= 4 is 11.6 Å². The molecule has 17 heavy (non-hydrogen) atoms. The fourth-order valence-electron chi connectivity index (χ4n) is 1.96. The lowest BCUT2D eigenvalue weighted by Gasteiger charge is -2.31. The molecule has 2 rings (SSSR count). The monoisotopic (exact) mass is 235 g/mol. The van der Waals surface area contributed by atoms with E-state index in [0.717, 1.165) is 5.56 Å². The Labute approximate surface area is 100 Å². The molecule has 0 bridgehead atoms. The van der Waals surface area contributed by atoms with E-state index in [9.17, 15) is 4.79 Å². The average molecular weight is 235 g/mol. The second-order valence-electron chi connectivity index (χ2n) is 4.42. The fraction of sp³-hybridized carbons (Fsp3) is 0.500. The van der Waals surface area contributed by atoms with Crippen LogP contribution in [0.2, 0.25) is 0 Å². The lowest BCUT2D eigenvalue weighted by molar-refractivity contribution is -0.126. The normalized spacial score (nSPS) is 18.9. The number of hydrogen-bond acceptors (Lipinski definition) is 5. The topological polar surface area (TPSA) is 91.2 Å². The number of aromatic nitrogens is 1. The van der Waals surface area contributed by atoms with Crippen LogP contribution in [0, 0.1) is 0 Å². The van der Waals surface area contributed by atoms with E-state index in [-0.39, 0.29) is 12.2 Å². The molecule has 0 unspecified atom stereocenters. The molecular weight excluding hydrogens is 218 g/mol. The van der Waals surface area contributed by atoms with Crippen LogP contribution in [0.4, 0.5) is 5.82 Å². The van der Waals surface area contributed by atoms with Crippen LogP contribution in [0.5, 0.6) is 0 Å². The summed E-state index contributed by atoms with van der Waals surface area (Å²) in [4.78, 5) is 16.1. The SMILES string of the molecule is Nc1ncccc1CC(=O)C1(N)CCOCC1. The number of hydrogen-bond donors (Lipinski definition) is 2. The molecule has 0 spiro atoms. The van der Waals surface area contributed by atoms with Gasteiger partial charge in [0.05, 0.1) is 5.54 Å². The smallest absolute Gasteiger partial charge is 0.157 e. The van der Waals surface area contributed by atoms with E-state index in [0.29, 0.717) is 31.9 Å². The van der Waals surface area contributed by atoms with Crippen molar-refractivity contribution in [2.24, 2.45) is 5.73 Å². The third-order valence-electron chi connectivity index (χ3n) is 3.22. The van der Waals surface area contributed by atoms with Crippen LogP contribution < -0.4 is 11.5 Å². The zero-order valence-electron chi connectivity index (χ0n) is 9.69. The summed E-state index contributed by atoms with van der Waals surface area (Å²) in [5.74, 6) is 0.414. The minimum Gasteiger partial charge on any atom is -0.383 e. The van der Waals surface area contributed by atoms with Gasteiger partial charge in [-0.05, 0) is 18.9 Å². The van der Waals surface area contributed by atoms with Gasteiger partial charge < -0.3 is 16.2 Å². The van der Waals surface area contributed by atoms with E-state index in [4.69, 9.17) is 16.2 Å². The Morgan fingerprint density at radius 1 is 1.47 bits per heavy atom. The van der Waals surface area contributed by atoms with Gasteiger partial charge in [-0.1, -0.05) is 6.07 Å². The lowest BCUT2D eigenvalue weighted by atomic mass is 9.84. The summed E-state index contributed by atoms with van der Waals surface area (Å²) in [7, 11) is 0. The van der Waals surface area contributed by atoms with Crippen LogP contribution >= 0.6 is 0 Å². The van der Waals surface area contributed by atoms with Gasteiger partial charge in [0, 0.05) is 31.4 Å². The van der Waals surface area contributed by atoms with Crippen molar-refractivity contribution in [1.82, 2.24) is 4.98 Å². The number of anilines is 1. The Balaban J connectivity index is 2.08. The second kappa shape index (κ2) is 4.81. The molecular formula is C12H17N3O2. The molecule has 0 amide bonds. The number of ketones is 1. The Kier molecular flexibility index (Phi) is 3.40. The summed E-state index contributed by atoms with van der Waals surface area (Å²) in [6.45, 7) is 1.09. The Morgan fingerprint density at radius 2 is 2.18 bits per heavy atom. The molecule has 4 N–H and O–H groups in total. The van der Waals surface area contributed by atoms with Gasteiger partial charge in [0.15, 0.2) is 5.78 Å². The third-order valence-corrected chi connectivity index (χ3v) is 3.22. The van der Waals surface area contributed by atoms with Crippen LogP contribution in [0.15, 0.2) is 18.3 Å². The highest BCUT2D eigenvalue weighted by Crippen LogP contribution is 2.21. The first-order valence-corrected chi connectivity index (χ1v) is 5.71. The number of Topliss-reactive ketones (excluding diaryl/α,β-unsaturated/α-hetero) is 1. The number of carbonyl (C=O) groups is 1. The van der Waals surface area contributed by atoms with Crippen molar-refractivity contribution in [2.45, 2.75) is 24.8 Å². The first-order chi connectivity index (χ1) is 8.12. The van der Waals surface area contributed by atoms with Gasteiger partial charge in [0.1, 0.15) is 5.82 Å². The molecule has 92 valence electrons. The summed E-state index contributed by atoms with van der Waals surface area (Å²) >= 11 is 0. The molecule has 1 aliphatic rings. The van der Waals surface area contributed by atoms with E-state index < -0.39 is 5.54 Å². The highest BCUT2D eigenvalue weighted by Gasteiger charge is 2.35. The number of nitrogens with two attached hydrogens (primary N) is 2. The maximum Gasteiger partial charge on any atom is 0.157 e. The van der Waals surface area contributed by atoms with Gasteiger partial charge >= 0.3 is 0 Å². The van der Waals surface area contributed by atoms with Gasteiger partial charge in [-0.25, -0.2) is 4.98 Å². The Hall–Kier alpha value is -1.46. The van der Waals surface area contributed by atoms with Crippen molar-refractivity contribution in [3.63, 3.8) is 0 Å². The van der Waals surface area contributed by atoms with Gasteiger partial charge in [-0.2, -0.15) is 0 Å². The zero-order chi connectivity index (χ0) is 12.3. The predicted molar refractivity (Wildman–Crippen MR) is 64.3 cm³/mol. The molecule has 2 heterocycles. The first kappa shape index (κ1) is 12.0. The van der Waals surface area contributed by atoms with Crippen LogP contribution in [-0.4, -0.2) is 29.5 Å². The largest absolute Gasteiger partial charge is 0.383 e. The number of rotatable bonds is 3. The van der Waals surface area contributed by atoms with Crippen LogP contribution in [0.3, 0.4) is 0 Å². The number of ether oxygens (including phenoxy) is 1. The molecule has 1 fully saturated rings. The predicted octanol–water partition coefficient (Wildman–Crippen LogP) is 0.283. The number of nitrogens with zero attached hydrogens (tertiary/aromatic N) is 1. The van der Waals surface area contributed by atoms with E-state index in [1.807, 2.05) is 6.07 Å². The molecule has 1 aromatic rings. The third kappa shape index (κ3) is 2.62. The van der Waals surface area contributed by atoms with Crippen LogP contribution in [0.25, 0.3) is 0 Å². The number of pyridine rings is 1. The molecule has 1 aliphatic heterocycles. The molecule has 5 nitrogen and oxygen atoms in total. The van der Waals surface area contributed by atoms with E-state index in [1.165, 1.54) is 0 Å². The lowest BCUT2D eigenvalue weighted by Crippen LogP contribution is -2.52. The molecule has 1 saturated heterocycles. The highest BCUT2D eigenvalue weighted by molar-refractivity contribution is 5.90. The highest BCUT2D eigenvalue weighted by atomic mass is 16.5. The molecule has 0 radical (unpaired) electrons. The molecule has 1 aromatic heterocycles. The van der Waals surface area contributed by atoms with E-state index >= 15 is 0 Å².